The second-order valence-electron chi connectivity index (χ2n) is 28.2. The first-order valence-corrected chi connectivity index (χ1v) is 47.2. The number of ether oxygens (including phenoxy) is 4. The van der Waals surface area contributed by atoms with Crippen molar-refractivity contribution in [2.24, 2.45) is 25.1 Å². The lowest BCUT2D eigenvalue weighted by atomic mass is 9.94. The number of aliphatic imine (C=N–C) groups is 4. The molecule has 4 saturated heterocycles. The Morgan fingerprint density at radius 2 is 0.722 bits per heavy atom. The Hall–Kier alpha value is -9.92. The standard InChI is InChI=1S/C20H20ClFN4O5S2.C20H18ClFN4O3S.C19H19ClFN5O4S2.C18H17ClFN5O4S2/c1-31-20(28)16-15-9-12(25-33(29,30)7-5-27)10-26(15)18(19-23-4-6-32-19)24-17(16)13-3-2-11(22)8-14(13)21;1-10(27)24-12-8-15-16(20(28)29-2)17(13-4-3-11(22)7-14(13)21)25-18(26(15)9-12)19-23-5-6-30-19;1-22-32(28,29)25-11-8-14-15(19(27)30-2)16(12-4-3-10(21)7-13(12)20)24-17(26(14)9-11)18-23-5-6-31-18;1-29-18(26)14-13-7-10(24-31(21,27)28)8-25(13)16(17-22-4-5-30-17)23-15(14)11-3-2-9(20)6-12(11)19/h2-4,6,8,12,17,25,27H,5,7,9-10H2,1H3;3-7,12,17H,8-9H2,1-2H3,(H,24,27);3-7,11,16,22,25H,8-9H2,1-2H3;2-6,10,15,24H,7-8H2,1H3,(H2,21,27,28)/t2*12-,17-;11-,16-;10-,15-/m0000/s1. The number of thiazole rings is 4. The van der Waals surface area contributed by atoms with Crippen molar-refractivity contribution in [3.05, 3.63) is 250 Å². The van der Waals surface area contributed by atoms with E-state index in [0.717, 1.165) is 18.2 Å². The molecule has 0 spiro atoms. The quantitative estimate of drug-likeness (QED) is 0.0189. The van der Waals surface area contributed by atoms with Gasteiger partial charge in [0.05, 0.1) is 69.1 Å². The number of amides is 1. The van der Waals surface area contributed by atoms with Crippen molar-refractivity contribution in [1.82, 2.24) is 63.7 Å². The molecule has 8 aromatic rings. The number of amidine groups is 4. The van der Waals surface area contributed by atoms with Crippen LogP contribution in [0.4, 0.5) is 17.6 Å². The van der Waals surface area contributed by atoms with Crippen molar-refractivity contribution >= 4 is 175 Å². The number of benzene rings is 4. The number of halogens is 8. The highest BCUT2D eigenvalue weighted by Crippen LogP contribution is 2.48. The number of aliphatic hydroxyl groups excluding tert-OH is 1. The molecule has 8 aliphatic rings. The van der Waals surface area contributed by atoms with Crippen molar-refractivity contribution in [3.8, 4) is 0 Å². The molecule has 0 radical (unpaired) electrons. The Bertz CT molecular complexity index is 6200. The molecule has 1 amide bonds. The van der Waals surface area contributed by atoms with Crippen LogP contribution >= 0.6 is 91.8 Å². The van der Waals surface area contributed by atoms with Crippen LogP contribution in [0.2, 0.25) is 20.1 Å². The third-order valence-electron chi connectivity index (χ3n) is 20.2. The third kappa shape index (κ3) is 20.9. The highest BCUT2D eigenvalue weighted by atomic mass is 35.5. The summed E-state index contributed by atoms with van der Waals surface area (Å²) in [5, 5.41) is 27.1. The molecule has 12 heterocycles. The molecule has 16 rings (SSSR count). The first kappa shape index (κ1) is 93.7. The van der Waals surface area contributed by atoms with Gasteiger partial charge in [-0.05, 0) is 48.5 Å². The van der Waals surface area contributed by atoms with Gasteiger partial charge in [0.1, 0.15) is 47.4 Å². The van der Waals surface area contributed by atoms with Gasteiger partial charge in [0.15, 0.2) is 43.4 Å². The first-order valence-electron chi connectivity index (χ1n) is 37.5. The van der Waals surface area contributed by atoms with E-state index in [-0.39, 0.29) is 87.7 Å². The van der Waals surface area contributed by atoms with Crippen LogP contribution in [0.25, 0.3) is 0 Å². The number of rotatable bonds is 22. The van der Waals surface area contributed by atoms with Crippen molar-refractivity contribution in [3.63, 3.8) is 0 Å². The summed E-state index contributed by atoms with van der Waals surface area (Å²) in [5.74, 6) is -3.20. The number of carbonyl (C=O) groups is 5. The largest absolute Gasteiger partial charge is 0.466 e. The highest BCUT2D eigenvalue weighted by molar-refractivity contribution is 7.89. The molecular weight excluding hydrogens is 1880 g/mol. The number of esters is 4. The Balaban J connectivity index is 0.000000144. The average molecular weight is 1950 g/mol. The maximum absolute atomic E-state index is 13.7. The molecule has 4 aromatic heterocycles. The molecule has 0 bridgehead atoms. The van der Waals surface area contributed by atoms with Gasteiger partial charge in [0.25, 0.3) is 20.4 Å². The van der Waals surface area contributed by atoms with Crippen LogP contribution in [0, 0.1) is 23.3 Å². The van der Waals surface area contributed by atoms with Gasteiger partial charge in [0.2, 0.25) is 15.9 Å². The van der Waals surface area contributed by atoms with Crippen LogP contribution in [0.15, 0.2) is 184 Å². The molecule has 0 saturated carbocycles. The minimum Gasteiger partial charge on any atom is -0.466 e. The van der Waals surface area contributed by atoms with Gasteiger partial charge >= 0.3 is 23.9 Å². The molecule has 0 aliphatic carbocycles. The van der Waals surface area contributed by atoms with E-state index in [9.17, 15) is 66.8 Å². The van der Waals surface area contributed by atoms with E-state index in [1.54, 1.807) is 55.6 Å². The Morgan fingerprint density at radius 3 is 0.960 bits per heavy atom. The van der Waals surface area contributed by atoms with Crippen molar-refractivity contribution in [1.29, 1.82) is 0 Å². The van der Waals surface area contributed by atoms with E-state index in [1.165, 1.54) is 142 Å². The van der Waals surface area contributed by atoms with E-state index in [0.29, 0.717) is 107 Å². The van der Waals surface area contributed by atoms with E-state index in [4.69, 9.17) is 95.6 Å². The number of fused-ring (bicyclic) bond motifs is 4. The lowest BCUT2D eigenvalue weighted by molar-refractivity contribution is -0.137. The van der Waals surface area contributed by atoms with Gasteiger partial charge < -0.3 is 49.0 Å². The zero-order chi connectivity index (χ0) is 90.5. The lowest BCUT2D eigenvalue weighted by Crippen LogP contribution is -2.43. The molecule has 8 atom stereocenters. The zero-order valence-electron chi connectivity index (χ0n) is 66.6. The summed E-state index contributed by atoms with van der Waals surface area (Å²) in [7, 11) is -5.10. The van der Waals surface area contributed by atoms with Crippen molar-refractivity contribution in [2.75, 3.05) is 74.0 Å². The number of sulfonamides is 1. The minimum absolute atomic E-state index is 0.0934. The molecule has 8 aliphatic heterocycles. The first-order chi connectivity index (χ1) is 60.0. The minimum atomic E-state index is -3.97. The summed E-state index contributed by atoms with van der Waals surface area (Å²) >= 11 is 30.7. The van der Waals surface area contributed by atoms with Crippen LogP contribution in [0.1, 0.15) is 99.1 Å². The number of carbonyl (C=O) groups excluding carboxylic acids is 5. The number of hydrogen-bond acceptors (Lipinski definition) is 32. The molecule has 34 nitrogen and oxygen atoms in total. The van der Waals surface area contributed by atoms with Gasteiger partial charge in [0, 0.05) is 195 Å². The lowest BCUT2D eigenvalue weighted by Gasteiger charge is -2.31. The second-order valence-corrected chi connectivity index (χ2v) is 38.3. The van der Waals surface area contributed by atoms with Crippen LogP contribution in [0.3, 0.4) is 0 Å². The summed E-state index contributed by atoms with van der Waals surface area (Å²) in [6, 6.07) is 10.1. The number of aromatic nitrogens is 4. The molecule has 8 N–H and O–H groups in total. The number of nitrogens with one attached hydrogen (secondary N) is 5. The summed E-state index contributed by atoms with van der Waals surface area (Å²) in [5.41, 5.74) is 4.91. The maximum atomic E-state index is 13.7. The summed E-state index contributed by atoms with van der Waals surface area (Å²) in [6.07, 6.45) is 7.49. The SMILES string of the molecule is CNS(=O)(=O)N[C@H]1CC2=C(C(=O)OC)[C@H](c3ccc(F)cc3Cl)N=C(c3nccs3)N2C1.COC(=O)C1=C2C[C@H](NC(C)=O)CN2C(c2nccs2)=N[C@H]1c1ccc(F)cc1Cl.COC(=O)C1=C2C[C@H](NS(=O)(=O)CCO)CN2C(c2nccs2)=N[C@H]1c1ccc(F)cc1Cl.COC(=O)C1=C2C[C@H](NS(N)(=O)=O)CN2C(c2nccs2)=N[C@H]1c1ccc(F)cc1Cl. The number of methoxy groups -OCH3 is 4. The molecular formula is C77H74Cl4F4N18O16S7. The molecule has 126 heavy (non-hydrogen) atoms. The average Bonchev–Trinajstić information content (AvgIpc) is 1.56. The summed E-state index contributed by atoms with van der Waals surface area (Å²) in [6.45, 7) is 2.00. The molecule has 4 fully saturated rings. The van der Waals surface area contributed by atoms with Gasteiger partial charge in [-0.3, -0.25) is 24.8 Å². The Labute approximate surface area is 754 Å². The van der Waals surface area contributed by atoms with Crippen molar-refractivity contribution in [2.45, 2.75) is 80.9 Å². The molecule has 4 aromatic carbocycles. The predicted octanol–water partition coefficient (Wildman–Crippen LogP) is 8.65. The maximum Gasteiger partial charge on any atom is 0.338 e. The fourth-order valence-corrected chi connectivity index (χ4v) is 21.2. The van der Waals surface area contributed by atoms with E-state index < -0.39 is 132 Å². The molecule has 0 unspecified atom stereocenters. The predicted molar refractivity (Wildman–Crippen MR) is 463 cm³/mol. The normalized spacial score (nSPS) is 20.8. The Kier molecular flexibility index (Phi) is 29.6. The van der Waals surface area contributed by atoms with Gasteiger partial charge in [-0.1, -0.05) is 70.7 Å². The van der Waals surface area contributed by atoms with Crippen molar-refractivity contribution < 1.29 is 90.8 Å². The van der Waals surface area contributed by atoms with Crippen LogP contribution in [-0.2, 0) is 73.4 Å². The van der Waals surface area contributed by atoms with Gasteiger partial charge in [-0.2, -0.15) is 26.3 Å². The number of aliphatic hydroxyl groups is 1. The van der Waals surface area contributed by atoms with Gasteiger partial charge in [-0.15, -0.1) is 45.3 Å². The molecule has 666 valence electrons. The highest BCUT2D eigenvalue weighted by Gasteiger charge is 2.49. The summed E-state index contributed by atoms with van der Waals surface area (Å²) in [4.78, 5) is 106. The smallest absolute Gasteiger partial charge is 0.338 e. The second kappa shape index (κ2) is 39.8. The number of nitrogens with zero attached hydrogens (tertiary/aromatic N) is 12. The van der Waals surface area contributed by atoms with Crippen LogP contribution < -0.4 is 29.3 Å². The van der Waals surface area contributed by atoms with E-state index in [1.807, 2.05) is 10.3 Å². The zero-order valence-corrected chi connectivity index (χ0v) is 75.4. The number of hydrogen-bond donors (Lipinski definition) is 7. The molecule has 49 heteroatoms. The third-order valence-corrected chi connectivity index (χ3v) is 27.9. The Morgan fingerprint density at radius 1 is 0.452 bits per heavy atom. The van der Waals surface area contributed by atoms with E-state index >= 15 is 0 Å². The summed E-state index contributed by atoms with van der Waals surface area (Å²) < 4.78 is 156. The monoisotopic (exact) mass is 1950 g/mol. The fraction of sp³-hybridized carbons (Fsp3) is 0.312. The van der Waals surface area contributed by atoms with Crippen LogP contribution in [-0.4, -0.2) is 221 Å². The topological polar surface area (TPSA) is 445 Å². The number of nitrogens with two attached hydrogens (primary N) is 1. The van der Waals surface area contributed by atoms with Gasteiger partial charge in [-0.25, -0.2) is 79.7 Å². The van der Waals surface area contributed by atoms with Crippen LogP contribution in [0.5, 0.6) is 0 Å². The van der Waals surface area contributed by atoms with E-state index in [2.05, 4.69) is 44.1 Å². The fourth-order valence-electron chi connectivity index (χ4n) is 15.2.